The number of aromatic nitrogens is 2. The first kappa shape index (κ1) is 22.1. The molecule has 0 aliphatic heterocycles. The lowest BCUT2D eigenvalue weighted by Crippen LogP contribution is -2.33. The highest BCUT2D eigenvalue weighted by Crippen LogP contribution is 2.50. The summed E-state index contributed by atoms with van der Waals surface area (Å²) in [5, 5.41) is 4.13. The molecule has 0 radical (unpaired) electrons. The largest absolute Gasteiger partial charge is 0.459 e. The molecule has 1 aromatic rings. The van der Waals surface area contributed by atoms with Crippen LogP contribution < -0.4 is 0 Å². The monoisotopic (exact) mass is 400 g/mol. The third-order valence-corrected chi connectivity index (χ3v) is 7.00. The number of hydrogen-bond acceptors (Lipinski definition) is 7. The third kappa shape index (κ3) is 6.72. The fraction of sp³-hybridized carbons (Fsp3) is 0.842. The van der Waals surface area contributed by atoms with E-state index in [4.69, 9.17) is 13.8 Å². The van der Waals surface area contributed by atoms with Crippen LogP contribution in [-0.4, -0.2) is 40.6 Å². The Balaban J connectivity index is 2.17. The molecule has 2 rings (SSSR count). The predicted octanol–water partition coefficient (Wildman–Crippen LogP) is 4.70. The molecule has 1 saturated carbocycles. The van der Waals surface area contributed by atoms with Crippen LogP contribution in [0.25, 0.3) is 0 Å². The smallest absolute Gasteiger partial charge is 0.319 e. The van der Waals surface area contributed by atoms with Gasteiger partial charge < -0.3 is 13.8 Å². The molecule has 1 aliphatic carbocycles. The molecule has 1 heterocycles. The van der Waals surface area contributed by atoms with Crippen LogP contribution in [0.5, 0.6) is 0 Å². The van der Waals surface area contributed by atoms with Crippen molar-refractivity contribution in [1.29, 1.82) is 0 Å². The number of hydrogen-bond donors (Lipinski definition) is 0. The number of carbonyl (C=O) groups is 1. The Morgan fingerprint density at radius 3 is 2.44 bits per heavy atom. The summed E-state index contributed by atoms with van der Waals surface area (Å²) in [4.78, 5) is 17.2. The number of carbonyl (C=O) groups excluding carboxylic acids is 1. The van der Waals surface area contributed by atoms with Crippen LogP contribution in [0.15, 0.2) is 4.52 Å². The zero-order chi connectivity index (χ0) is 20.1. The van der Waals surface area contributed by atoms with Crippen LogP contribution in [-0.2, 0) is 25.0 Å². The quantitative estimate of drug-likeness (QED) is 0.372. The topological polar surface area (TPSA) is 91.5 Å². The van der Waals surface area contributed by atoms with Gasteiger partial charge in [-0.1, -0.05) is 30.8 Å². The minimum Gasteiger partial charge on any atom is -0.459 e. The second kappa shape index (κ2) is 9.33. The maximum absolute atomic E-state index is 13.0. The van der Waals surface area contributed by atoms with Crippen LogP contribution >= 0.6 is 7.37 Å². The summed E-state index contributed by atoms with van der Waals surface area (Å²) >= 11 is 0. The Hall–Kier alpha value is -1.20. The molecule has 0 saturated heterocycles. The summed E-state index contributed by atoms with van der Waals surface area (Å²) in [5.41, 5.74) is -1.64. The van der Waals surface area contributed by atoms with Crippen molar-refractivity contribution in [1.82, 2.24) is 10.1 Å². The first-order valence-corrected chi connectivity index (χ1v) is 12.0. The molecule has 2 atom stereocenters. The Kier molecular flexibility index (Phi) is 7.64. The van der Waals surface area contributed by atoms with E-state index in [-0.39, 0.29) is 13.0 Å². The Labute approximate surface area is 162 Å². The van der Waals surface area contributed by atoms with E-state index in [1.807, 2.05) is 0 Å². The highest BCUT2D eigenvalue weighted by molar-refractivity contribution is 7.60. The minimum atomic E-state index is -3.24. The lowest BCUT2D eigenvalue weighted by Gasteiger charge is -2.26. The summed E-state index contributed by atoms with van der Waals surface area (Å²) in [6.07, 6.45) is 7.00. The zero-order valence-electron chi connectivity index (χ0n) is 17.2. The molecule has 0 N–H and O–H groups in total. The van der Waals surface area contributed by atoms with Crippen molar-refractivity contribution < 1.29 is 23.1 Å². The van der Waals surface area contributed by atoms with Crippen LogP contribution in [0, 0.1) is 0 Å². The van der Waals surface area contributed by atoms with E-state index in [0.717, 1.165) is 12.8 Å². The lowest BCUT2D eigenvalue weighted by atomic mass is 10.00. The van der Waals surface area contributed by atoms with Crippen molar-refractivity contribution in [3.05, 3.63) is 11.7 Å². The molecule has 2 unspecified atom stereocenters. The second-order valence-corrected chi connectivity index (χ2v) is 11.0. The van der Waals surface area contributed by atoms with Crippen molar-refractivity contribution in [2.45, 2.75) is 89.8 Å². The van der Waals surface area contributed by atoms with Gasteiger partial charge in [-0.15, -0.1) is 0 Å². The van der Waals surface area contributed by atoms with E-state index >= 15 is 0 Å². The number of ether oxygens (including phenoxy) is 1. The Bertz CT molecular complexity index is 659. The van der Waals surface area contributed by atoms with E-state index in [1.54, 1.807) is 27.7 Å². The summed E-state index contributed by atoms with van der Waals surface area (Å²) in [6.45, 7) is 8.80. The van der Waals surface area contributed by atoms with Gasteiger partial charge in [0.15, 0.2) is 5.82 Å². The van der Waals surface area contributed by atoms with Crippen LogP contribution in [0.3, 0.4) is 0 Å². The van der Waals surface area contributed by atoms with Gasteiger partial charge >= 0.3 is 5.97 Å². The SMILES string of the molecule is CCOP(C)(=O)C(Cc1nc(C2CCCCCC2)no1)C(=O)OC(C)(C)C. The molecular formula is C19H33N2O5P. The molecule has 154 valence electrons. The second-order valence-electron chi connectivity index (χ2n) is 8.31. The Morgan fingerprint density at radius 2 is 1.89 bits per heavy atom. The van der Waals surface area contributed by atoms with Crippen LogP contribution in [0.2, 0.25) is 0 Å². The summed E-state index contributed by atoms with van der Waals surface area (Å²) in [6, 6.07) is 0. The summed E-state index contributed by atoms with van der Waals surface area (Å²) in [5.74, 6) is 0.741. The van der Waals surface area contributed by atoms with Crippen molar-refractivity contribution >= 4 is 13.3 Å². The molecule has 27 heavy (non-hydrogen) atoms. The lowest BCUT2D eigenvalue weighted by molar-refractivity contribution is -0.154. The van der Waals surface area contributed by atoms with Gasteiger partial charge in [0.05, 0.1) is 6.61 Å². The normalized spacial score (nSPS) is 19.9. The summed E-state index contributed by atoms with van der Waals surface area (Å²) in [7, 11) is -3.24. The van der Waals surface area contributed by atoms with Crippen LogP contribution in [0.4, 0.5) is 0 Å². The van der Waals surface area contributed by atoms with Gasteiger partial charge in [-0.05, 0) is 40.5 Å². The van der Waals surface area contributed by atoms with Gasteiger partial charge in [-0.25, -0.2) is 0 Å². The predicted molar refractivity (Wildman–Crippen MR) is 103 cm³/mol. The van der Waals surface area contributed by atoms with E-state index < -0.39 is 24.6 Å². The Morgan fingerprint density at radius 1 is 1.26 bits per heavy atom. The maximum atomic E-state index is 13.0. The van der Waals surface area contributed by atoms with Crippen molar-refractivity contribution in [2.24, 2.45) is 0 Å². The number of esters is 1. The molecule has 0 bridgehead atoms. The van der Waals surface area contributed by atoms with Crippen molar-refractivity contribution in [3.63, 3.8) is 0 Å². The average molecular weight is 400 g/mol. The number of nitrogens with zero attached hydrogens (tertiary/aromatic N) is 2. The van der Waals surface area contributed by atoms with E-state index in [1.165, 1.54) is 32.3 Å². The highest BCUT2D eigenvalue weighted by Gasteiger charge is 2.40. The fourth-order valence-corrected chi connectivity index (χ4v) is 4.99. The first-order chi connectivity index (χ1) is 12.6. The van der Waals surface area contributed by atoms with Crippen molar-refractivity contribution in [2.75, 3.05) is 13.3 Å². The van der Waals surface area contributed by atoms with E-state index in [9.17, 15) is 9.36 Å². The zero-order valence-corrected chi connectivity index (χ0v) is 18.1. The molecular weight excluding hydrogens is 367 g/mol. The van der Waals surface area contributed by atoms with Gasteiger partial charge in [0.1, 0.15) is 11.3 Å². The standard InChI is InChI=1S/C19H33N2O5P/c1-6-24-27(5,23)15(18(22)25-19(2,3)4)13-16-20-17(21-26-16)14-11-9-7-8-10-12-14/h14-15H,6-13H2,1-5H3. The fourth-order valence-electron chi connectivity index (χ4n) is 3.38. The van der Waals surface area contributed by atoms with Gasteiger partial charge in [0.2, 0.25) is 13.3 Å². The van der Waals surface area contributed by atoms with Gasteiger partial charge in [0.25, 0.3) is 0 Å². The maximum Gasteiger partial charge on any atom is 0.319 e. The minimum absolute atomic E-state index is 0.0579. The molecule has 0 amide bonds. The first-order valence-electron chi connectivity index (χ1n) is 9.89. The molecule has 8 heteroatoms. The van der Waals surface area contributed by atoms with E-state index in [0.29, 0.717) is 17.6 Å². The molecule has 7 nitrogen and oxygen atoms in total. The van der Waals surface area contributed by atoms with Crippen LogP contribution in [0.1, 0.15) is 83.9 Å². The molecule has 0 aromatic carbocycles. The number of rotatable bonds is 7. The van der Waals surface area contributed by atoms with E-state index in [2.05, 4.69) is 10.1 Å². The third-order valence-electron chi connectivity index (χ3n) is 4.70. The van der Waals surface area contributed by atoms with Crippen molar-refractivity contribution in [3.8, 4) is 0 Å². The molecule has 1 aromatic heterocycles. The highest BCUT2D eigenvalue weighted by atomic mass is 31.2. The molecule has 0 spiro atoms. The summed E-state index contributed by atoms with van der Waals surface area (Å²) < 4.78 is 29.3. The molecule has 1 fully saturated rings. The van der Waals surface area contributed by atoms with Gasteiger partial charge in [0, 0.05) is 19.0 Å². The average Bonchev–Trinajstić information content (AvgIpc) is 2.83. The van der Waals surface area contributed by atoms with Gasteiger partial charge in [-0.2, -0.15) is 4.98 Å². The molecule has 1 aliphatic rings. The van der Waals surface area contributed by atoms with Gasteiger partial charge in [-0.3, -0.25) is 9.36 Å².